The van der Waals surface area contributed by atoms with Gasteiger partial charge in [-0.05, 0) is 48.7 Å². The van der Waals surface area contributed by atoms with Gasteiger partial charge in [-0.15, -0.1) is 0 Å². The van der Waals surface area contributed by atoms with Crippen molar-refractivity contribution in [2.45, 2.75) is 37.0 Å². The Morgan fingerprint density at radius 3 is 2.81 bits per heavy atom. The van der Waals surface area contributed by atoms with Gasteiger partial charge in [0.2, 0.25) is 5.91 Å². The van der Waals surface area contributed by atoms with Gasteiger partial charge in [-0.3, -0.25) is 9.78 Å². The molecule has 1 aromatic heterocycles. The van der Waals surface area contributed by atoms with E-state index in [2.05, 4.69) is 33.8 Å². The van der Waals surface area contributed by atoms with Crippen molar-refractivity contribution in [2.24, 2.45) is 5.73 Å². The predicted octanol–water partition coefficient (Wildman–Crippen LogP) is 1.42. The average Bonchev–Trinajstić information content (AvgIpc) is 2.97. The number of aromatic nitrogens is 1. The van der Waals surface area contributed by atoms with Crippen LogP contribution in [0.25, 0.3) is 0 Å². The van der Waals surface area contributed by atoms with Crippen LogP contribution in [0, 0.1) is 0 Å². The van der Waals surface area contributed by atoms with Crippen LogP contribution in [0.1, 0.15) is 35.6 Å². The van der Waals surface area contributed by atoms with Crippen LogP contribution in [0.15, 0.2) is 48.8 Å². The number of nitrogens with one attached hydrogen (secondary N) is 2. The van der Waals surface area contributed by atoms with E-state index in [1.54, 1.807) is 6.20 Å². The van der Waals surface area contributed by atoms with Crippen molar-refractivity contribution in [1.29, 1.82) is 0 Å². The van der Waals surface area contributed by atoms with E-state index in [0.29, 0.717) is 6.61 Å². The van der Waals surface area contributed by atoms with Crippen molar-refractivity contribution >= 4 is 5.91 Å². The van der Waals surface area contributed by atoms with Crippen molar-refractivity contribution in [3.05, 3.63) is 65.5 Å². The summed E-state index contributed by atoms with van der Waals surface area (Å²) >= 11 is 0. The van der Waals surface area contributed by atoms with E-state index in [1.165, 1.54) is 5.56 Å². The highest BCUT2D eigenvalue weighted by Gasteiger charge is 2.53. The third-order valence-electron chi connectivity index (χ3n) is 5.83. The Morgan fingerprint density at radius 1 is 1.26 bits per heavy atom. The van der Waals surface area contributed by atoms with E-state index in [0.717, 1.165) is 37.1 Å². The van der Waals surface area contributed by atoms with Gasteiger partial charge in [0.1, 0.15) is 0 Å². The molecule has 2 heterocycles. The maximum Gasteiger partial charge on any atom is 0.234 e. The largest absolute Gasteiger partial charge is 0.370 e. The standard InChI is InChI=1S/C21H26N4O2/c22-12-18(26)25-19-16-5-1-2-6-17(16)21(7-10-23-11-8-21)20(19)27-14-15-4-3-9-24-13-15/h1-6,9,13,19-20,23H,7-8,10-12,14,22H2,(H,25,26)/t19-,20+/m0/s1. The zero-order valence-electron chi connectivity index (χ0n) is 15.4. The quantitative estimate of drug-likeness (QED) is 0.745. The zero-order valence-corrected chi connectivity index (χ0v) is 15.4. The second kappa shape index (κ2) is 7.76. The van der Waals surface area contributed by atoms with Crippen molar-refractivity contribution in [3.8, 4) is 0 Å². The first-order valence-corrected chi connectivity index (χ1v) is 9.55. The number of benzene rings is 1. The highest BCUT2D eigenvalue weighted by atomic mass is 16.5. The summed E-state index contributed by atoms with van der Waals surface area (Å²) in [6.45, 7) is 2.33. The molecule has 1 aliphatic carbocycles. The van der Waals surface area contributed by atoms with E-state index in [4.69, 9.17) is 10.5 Å². The minimum Gasteiger partial charge on any atom is -0.370 e. The molecule has 0 bridgehead atoms. The minimum atomic E-state index is -0.188. The van der Waals surface area contributed by atoms with E-state index < -0.39 is 0 Å². The Hall–Kier alpha value is -2.28. The van der Waals surface area contributed by atoms with Crippen molar-refractivity contribution in [2.75, 3.05) is 19.6 Å². The fraction of sp³-hybridized carbons (Fsp3) is 0.429. The molecule has 1 amide bonds. The van der Waals surface area contributed by atoms with Crippen LogP contribution in [-0.2, 0) is 21.6 Å². The van der Waals surface area contributed by atoms with Gasteiger partial charge in [0.15, 0.2) is 0 Å². The first kappa shape index (κ1) is 18.1. The fourth-order valence-electron chi connectivity index (χ4n) is 4.59. The number of carbonyl (C=O) groups is 1. The molecule has 0 radical (unpaired) electrons. The molecule has 0 unspecified atom stereocenters. The summed E-state index contributed by atoms with van der Waals surface area (Å²) in [4.78, 5) is 16.3. The number of ether oxygens (including phenoxy) is 1. The van der Waals surface area contributed by atoms with Gasteiger partial charge in [-0.25, -0.2) is 0 Å². The molecule has 1 saturated heterocycles. The van der Waals surface area contributed by atoms with Gasteiger partial charge in [-0.1, -0.05) is 30.3 Å². The lowest BCUT2D eigenvalue weighted by atomic mass is 9.72. The number of fused-ring (bicyclic) bond motifs is 2. The molecule has 1 fully saturated rings. The van der Waals surface area contributed by atoms with Crippen molar-refractivity contribution in [1.82, 2.24) is 15.6 Å². The fourth-order valence-corrected chi connectivity index (χ4v) is 4.59. The molecule has 1 spiro atoms. The predicted molar refractivity (Wildman–Crippen MR) is 103 cm³/mol. The molecule has 4 rings (SSSR count). The molecule has 2 aromatic rings. The van der Waals surface area contributed by atoms with E-state index in [1.807, 2.05) is 24.4 Å². The van der Waals surface area contributed by atoms with E-state index in [9.17, 15) is 4.79 Å². The van der Waals surface area contributed by atoms with Crippen molar-refractivity contribution < 1.29 is 9.53 Å². The summed E-state index contributed by atoms with van der Waals surface area (Å²) in [6.07, 6.45) is 5.42. The second-order valence-corrected chi connectivity index (χ2v) is 7.34. The molecule has 142 valence electrons. The lowest BCUT2D eigenvalue weighted by Crippen LogP contribution is -2.50. The molecule has 27 heavy (non-hydrogen) atoms. The molecule has 6 nitrogen and oxygen atoms in total. The second-order valence-electron chi connectivity index (χ2n) is 7.34. The van der Waals surface area contributed by atoms with Crippen LogP contribution in [0.4, 0.5) is 0 Å². The van der Waals surface area contributed by atoms with Crippen LogP contribution < -0.4 is 16.4 Å². The summed E-state index contributed by atoms with van der Waals surface area (Å²) in [5, 5.41) is 6.57. The van der Waals surface area contributed by atoms with E-state index in [-0.39, 0.29) is 30.0 Å². The Bertz CT molecular complexity index is 790. The first-order valence-electron chi connectivity index (χ1n) is 9.55. The number of nitrogens with zero attached hydrogens (tertiary/aromatic N) is 1. The summed E-state index contributed by atoms with van der Waals surface area (Å²) in [5.41, 5.74) is 8.95. The smallest absolute Gasteiger partial charge is 0.234 e. The Labute approximate surface area is 159 Å². The number of amides is 1. The third kappa shape index (κ3) is 3.36. The van der Waals surface area contributed by atoms with Gasteiger partial charge < -0.3 is 21.1 Å². The molecular formula is C21H26N4O2. The van der Waals surface area contributed by atoms with Crippen molar-refractivity contribution in [3.63, 3.8) is 0 Å². The molecule has 0 saturated carbocycles. The molecule has 2 atom stereocenters. The Morgan fingerprint density at radius 2 is 2.07 bits per heavy atom. The number of rotatable bonds is 5. The lowest BCUT2D eigenvalue weighted by molar-refractivity contribution is -0.122. The third-order valence-corrected chi connectivity index (χ3v) is 5.83. The topological polar surface area (TPSA) is 89.3 Å². The first-order chi connectivity index (χ1) is 13.2. The summed E-state index contributed by atoms with van der Waals surface area (Å²) in [6, 6.07) is 12.1. The van der Waals surface area contributed by atoms with Crippen LogP contribution >= 0.6 is 0 Å². The number of hydrogen-bond donors (Lipinski definition) is 3. The maximum atomic E-state index is 12.2. The van der Waals surface area contributed by atoms with Crippen LogP contribution in [0.3, 0.4) is 0 Å². The molecule has 1 aromatic carbocycles. The van der Waals surface area contributed by atoms with Crippen LogP contribution in [0.5, 0.6) is 0 Å². The van der Waals surface area contributed by atoms with Gasteiger partial charge in [0, 0.05) is 17.8 Å². The Balaban J connectivity index is 1.69. The van der Waals surface area contributed by atoms with Gasteiger partial charge in [-0.2, -0.15) is 0 Å². The zero-order chi connectivity index (χ0) is 18.7. The summed E-state index contributed by atoms with van der Waals surface area (Å²) < 4.78 is 6.50. The van der Waals surface area contributed by atoms with Crippen LogP contribution in [0.2, 0.25) is 0 Å². The average molecular weight is 366 g/mol. The molecule has 2 aliphatic rings. The van der Waals surface area contributed by atoms with E-state index >= 15 is 0 Å². The van der Waals surface area contributed by atoms with Gasteiger partial charge in [0.05, 0.1) is 25.3 Å². The normalized spacial score (nSPS) is 23.1. The number of pyridine rings is 1. The van der Waals surface area contributed by atoms with Crippen LogP contribution in [-0.4, -0.2) is 36.6 Å². The lowest BCUT2D eigenvalue weighted by Gasteiger charge is -2.41. The summed E-state index contributed by atoms with van der Waals surface area (Å²) in [5.74, 6) is -0.157. The molecule has 6 heteroatoms. The summed E-state index contributed by atoms with van der Waals surface area (Å²) in [7, 11) is 0. The SMILES string of the molecule is NCC(=O)N[C@H]1c2ccccc2C2(CCNCC2)[C@@H]1OCc1cccnc1. The number of piperidine rings is 1. The highest BCUT2D eigenvalue weighted by molar-refractivity contribution is 5.78. The highest BCUT2D eigenvalue weighted by Crippen LogP contribution is 2.51. The van der Waals surface area contributed by atoms with Gasteiger partial charge in [0.25, 0.3) is 0 Å². The number of hydrogen-bond acceptors (Lipinski definition) is 5. The minimum absolute atomic E-state index is 0.0253. The Kier molecular flexibility index (Phi) is 5.20. The monoisotopic (exact) mass is 366 g/mol. The number of carbonyl (C=O) groups excluding carboxylic acids is 1. The molecule has 4 N–H and O–H groups in total. The molecule has 1 aliphatic heterocycles. The number of nitrogens with two attached hydrogens (primary N) is 1. The molecular weight excluding hydrogens is 340 g/mol. The van der Waals surface area contributed by atoms with Gasteiger partial charge >= 0.3 is 0 Å². The maximum absolute atomic E-state index is 12.2.